The average molecular weight is 327 g/mol. The number of piperidine rings is 1. The molecule has 1 heterocycles. The molecule has 0 spiro atoms. The van der Waals surface area contributed by atoms with E-state index in [4.69, 9.17) is 0 Å². The molecule has 0 unspecified atom stereocenters. The highest BCUT2D eigenvalue weighted by Crippen LogP contribution is 2.37. The number of benzene rings is 1. The maximum absolute atomic E-state index is 12.9. The van der Waals surface area contributed by atoms with Gasteiger partial charge in [0.15, 0.2) is 0 Å². The third kappa shape index (κ3) is 4.46. The van der Waals surface area contributed by atoms with Crippen LogP contribution in [0.1, 0.15) is 18.4 Å². The second-order valence-electron chi connectivity index (χ2n) is 4.58. The lowest BCUT2D eigenvalue weighted by Gasteiger charge is -2.25. The lowest BCUT2D eigenvalue weighted by Crippen LogP contribution is -2.35. The number of nitrogens with one attached hydrogen (secondary N) is 2. The van der Waals surface area contributed by atoms with Gasteiger partial charge in [0, 0.05) is 16.6 Å². The molecule has 20 heavy (non-hydrogen) atoms. The molecule has 1 aliphatic heterocycles. The zero-order valence-corrected chi connectivity index (χ0v) is 12.7. The number of alkyl halides is 3. The molecule has 1 aromatic rings. The molecule has 2 rings (SSSR count). The number of thioether (sulfide) groups is 1. The molecule has 0 saturated carbocycles. The first-order valence-electron chi connectivity index (χ1n) is 6.23. The molecule has 1 aliphatic rings. The van der Waals surface area contributed by atoms with Crippen molar-refractivity contribution in [2.24, 2.45) is 0 Å². The van der Waals surface area contributed by atoms with Gasteiger partial charge < -0.3 is 10.6 Å². The van der Waals surface area contributed by atoms with E-state index in [1.807, 2.05) is 0 Å². The number of hydrogen-bond acceptors (Lipinski definition) is 3. The number of hydrogen-bond donors (Lipinski definition) is 2. The Morgan fingerprint density at radius 3 is 2.45 bits per heavy atom. The molecule has 2 nitrogen and oxygen atoms in total. The van der Waals surface area contributed by atoms with Crippen LogP contribution in [0.4, 0.5) is 18.9 Å². The van der Waals surface area contributed by atoms with Gasteiger partial charge >= 0.3 is 6.18 Å². The van der Waals surface area contributed by atoms with Gasteiger partial charge in [0.1, 0.15) is 0 Å². The molecule has 0 atom stereocenters. The smallest absolute Gasteiger partial charge is 0.382 e. The van der Waals surface area contributed by atoms with Crippen molar-refractivity contribution in [1.82, 2.24) is 5.32 Å². The molecule has 114 valence electrons. The van der Waals surface area contributed by atoms with Crippen molar-refractivity contribution >= 4 is 29.9 Å². The van der Waals surface area contributed by atoms with Crippen molar-refractivity contribution in [3.63, 3.8) is 0 Å². The van der Waals surface area contributed by atoms with E-state index in [1.54, 1.807) is 12.3 Å². The monoisotopic (exact) mass is 326 g/mol. The molecule has 0 amide bonds. The van der Waals surface area contributed by atoms with Gasteiger partial charge in [-0.25, -0.2) is 0 Å². The molecular formula is C13H18ClF3N2S. The molecule has 1 aromatic carbocycles. The summed E-state index contributed by atoms with van der Waals surface area (Å²) in [5.41, 5.74) is -0.00374. The van der Waals surface area contributed by atoms with Crippen LogP contribution in [0.5, 0.6) is 0 Å². The van der Waals surface area contributed by atoms with Gasteiger partial charge in [-0.3, -0.25) is 0 Å². The molecule has 0 aromatic heterocycles. The van der Waals surface area contributed by atoms with Crippen molar-refractivity contribution in [3.05, 3.63) is 23.8 Å². The fraction of sp³-hybridized carbons (Fsp3) is 0.538. The van der Waals surface area contributed by atoms with E-state index in [0.717, 1.165) is 37.7 Å². The third-order valence-corrected chi connectivity index (χ3v) is 4.01. The zero-order valence-electron chi connectivity index (χ0n) is 11.1. The van der Waals surface area contributed by atoms with Crippen LogP contribution >= 0.6 is 24.2 Å². The molecule has 0 bridgehead atoms. The molecule has 0 aliphatic carbocycles. The van der Waals surface area contributed by atoms with E-state index >= 15 is 0 Å². The molecular weight excluding hydrogens is 309 g/mol. The maximum atomic E-state index is 12.9. The Bertz CT molecular complexity index is 434. The number of rotatable bonds is 3. The molecule has 2 N–H and O–H groups in total. The molecule has 0 radical (unpaired) electrons. The Morgan fingerprint density at radius 2 is 1.90 bits per heavy atom. The minimum atomic E-state index is -4.30. The van der Waals surface area contributed by atoms with E-state index in [2.05, 4.69) is 10.6 Å². The van der Waals surface area contributed by atoms with Crippen LogP contribution in [0.2, 0.25) is 0 Å². The average Bonchev–Trinajstić information content (AvgIpc) is 2.39. The van der Waals surface area contributed by atoms with Gasteiger partial charge in [-0.2, -0.15) is 13.2 Å². The van der Waals surface area contributed by atoms with Crippen LogP contribution in [0, 0.1) is 0 Å². The standard InChI is InChI=1S/C13H17F3N2S.ClH/c1-19-12-3-2-10(8-11(12)13(14,15)16)18-9-4-6-17-7-5-9;/h2-3,8-9,17-18H,4-7H2,1H3;1H. The Labute approximate surface area is 127 Å². The summed E-state index contributed by atoms with van der Waals surface area (Å²) >= 11 is 1.12. The van der Waals surface area contributed by atoms with Crippen LogP contribution in [-0.2, 0) is 6.18 Å². The van der Waals surface area contributed by atoms with E-state index in [-0.39, 0.29) is 23.3 Å². The summed E-state index contributed by atoms with van der Waals surface area (Å²) < 4.78 is 38.8. The summed E-state index contributed by atoms with van der Waals surface area (Å²) in [7, 11) is 0. The van der Waals surface area contributed by atoms with Crippen molar-refractivity contribution in [1.29, 1.82) is 0 Å². The van der Waals surface area contributed by atoms with Gasteiger partial charge in [-0.05, 0) is 50.4 Å². The van der Waals surface area contributed by atoms with Crippen LogP contribution in [-0.4, -0.2) is 25.4 Å². The van der Waals surface area contributed by atoms with E-state index in [1.165, 1.54) is 12.1 Å². The van der Waals surface area contributed by atoms with Gasteiger partial charge in [0.05, 0.1) is 5.56 Å². The van der Waals surface area contributed by atoms with Crippen molar-refractivity contribution < 1.29 is 13.2 Å². The van der Waals surface area contributed by atoms with Crippen LogP contribution < -0.4 is 10.6 Å². The third-order valence-electron chi connectivity index (χ3n) is 3.21. The van der Waals surface area contributed by atoms with E-state index in [9.17, 15) is 13.2 Å². The Kier molecular flexibility index (Phi) is 6.48. The van der Waals surface area contributed by atoms with Gasteiger partial charge in [0.2, 0.25) is 0 Å². The first-order chi connectivity index (χ1) is 9.00. The minimum Gasteiger partial charge on any atom is -0.382 e. The summed E-state index contributed by atoms with van der Waals surface area (Å²) in [4.78, 5) is 0.267. The van der Waals surface area contributed by atoms with Crippen molar-refractivity contribution in [3.8, 4) is 0 Å². The number of halogens is 4. The highest BCUT2D eigenvalue weighted by molar-refractivity contribution is 7.98. The second-order valence-corrected chi connectivity index (χ2v) is 5.43. The summed E-state index contributed by atoms with van der Waals surface area (Å²) in [6.07, 6.45) is -0.772. The zero-order chi connectivity index (χ0) is 13.9. The second kappa shape index (κ2) is 7.43. The van der Waals surface area contributed by atoms with Crippen LogP contribution in [0.25, 0.3) is 0 Å². The molecule has 1 saturated heterocycles. The Hall–Kier alpha value is -0.590. The largest absolute Gasteiger partial charge is 0.417 e. The Morgan fingerprint density at radius 1 is 1.25 bits per heavy atom. The maximum Gasteiger partial charge on any atom is 0.417 e. The highest BCUT2D eigenvalue weighted by Gasteiger charge is 2.33. The van der Waals surface area contributed by atoms with Crippen LogP contribution in [0.15, 0.2) is 23.1 Å². The molecule has 1 fully saturated rings. The Balaban J connectivity index is 0.00000200. The van der Waals surface area contributed by atoms with Crippen molar-refractivity contribution in [2.45, 2.75) is 30.0 Å². The number of anilines is 1. The quantitative estimate of drug-likeness (QED) is 0.821. The predicted molar refractivity (Wildman–Crippen MR) is 80.0 cm³/mol. The summed E-state index contributed by atoms with van der Waals surface area (Å²) in [5, 5.41) is 6.43. The van der Waals surface area contributed by atoms with Gasteiger partial charge in [-0.15, -0.1) is 24.2 Å². The van der Waals surface area contributed by atoms with Crippen LogP contribution in [0.3, 0.4) is 0 Å². The first-order valence-corrected chi connectivity index (χ1v) is 7.45. The topological polar surface area (TPSA) is 24.1 Å². The fourth-order valence-electron chi connectivity index (χ4n) is 2.22. The van der Waals surface area contributed by atoms with Gasteiger partial charge in [0.25, 0.3) is 0 Å². The van der Waals surface area contributed by atoms with E-state index < -0.39 is 11.7 Å². The fourth-order valence-corrected chi connectivity index (χ4v) is 2.82. The summed E-state index contributed by atoms with van der Waals surface area (Å²) in [6.45, 7) is 1.82. The van der Waals surface area contributed by atoms with E-state index in [0.29, 0.717) is 5.69 Å². The van der Waals surface area contributed by atoms with Crippen molar-refractivity contribution in [2.75, 3.05) is 24.7 Å². The first kappa shape index (κ1) is 17.5. The summed E-state index contributed by atoms with van der Waals surface area (Å²) in [5.74, 6) is 0. The normalized spacial score (nSPS) is 16.6. The predicted octanol–water partition coefficient (Wildman–Crippen LogP) is 4.01. The SMILES string of the molecule is CSc1ccc(NC2CCNCC2)cc1C(F)(F)F.Cl. The lowest BCUT2D eigenvalue weighted by molar-refractivity contribution is -0.139. The summed E-state index contributed by atoms with van der Waals surface area (Å²) in [6, 6.07) is 4.73. The minimum absolute atomic E-state index is 0. The van der Waals surface area contributed by atoms with Gasteiger partial charge in [-0.1, -0.05) is 0 Å². The highest BCUT2D eigenvalue weighted by atomic mass is 35.5. The lowest BCUT2D eigenvalue weighted by atomic mass is 10.1. The molecule has 7 heteroatoms.